The van der Waals surface area contributed by atoms with Gasteiger partial charge in [0.05, 0.1) is 6.61 Å². The Morgan fingerprint density at radius 3 is 2.58 bits per heavy atom. The van der Waals surface area contributed by atoms with Crippen LogP contribution in [-0.4, -0.2) is 23.5 Å². The Morgan fingerprint density at radius 2 is 2.05 bits per heavy atom. The summed E-state index contributed by atoms with van der Waals surface area (Å²) < 4.78 is 4.77. The smallest absolute Gasteiger partial charge is 0.333 e. The number of nitrogens with zero attached hydrogens (tertiary/aromatic N) is 1. The third-order valence-electron chi connectivity index (χ3n) is 2.66. The van der Waals surface area contributed by atoms with Gasteiger partial charge in [-0.2, -0.15) is 0 Å². The van der Waals surface area contributed by atoms with Crippen LogP contribution in [0.1, 0.15) is 18.9 Å². The van der Waals surface area contributed by atoms with Gasteiger partial charge in [-0.15, -0.1) is 0 Å². The van der Waals surface area contributed by atoms with Crippen LogP contribution in [0.5, 0.6) is 0 Å². The van der Waals surface area contributed by atoms with E-state index in [1.165, 1.54) is 0 Å². The van der Waals surface area contributed by atoms with E-state index in [0.29, 0.717) is 0 Å². The molecule has 0 spiro atoms. The lowest BCUT2D eigenvalue weighted by Gasteiger charge is -2.11. The second-order valence-electron chi connectivity index (χ2n) is 4.16. The highest BCUT2D eigenvalue weighted by molar-refractivity contribution is 5.87. The molecule has 19 heavy (non-hydrogen) atoms. The number of carbonyl (C=O) groups excluding carboxylic acids is 1. The standard InChI is InChI=1S/C14H17NO4/c1-3-19-14(16)11(2)9-13(15(17)18)10-12-7-5-4-6-8-12/h4-8,13H,2-3,9-10H2,1H3. The van der Waals surface area contributed by atoms with E-state index in [2.05, 4.69) is 6.58 Å². The van der Waals surface area contributed by atoms with Gasteiger partial charge in [-0.3, -0.25) is 10.1 Å². The number of hydrogen-bond acceptors (Lipinski definition) is 4. The maximum atomic E-state index is 11.4. The Labute approximate surface area is 112 Å². The molecule has 0 saturated carbocycles. The minimum Gasteiger partial charge on any atom is -0.463 e. The molecule has 1 atom stereocenters. The second kappa shape index (κ2) is 7.31. The van der Waals surface area contributed by atoms with Crippen molar-refractivity contribution in [3.63, 3.8) is 0 Å². The van der Waals surface area contributed by atoms with Crippen molar-refractivity contribution < 1.29 is 14.5 Å². The Bertz CT molecular complexity index is 456. The molecule has 1 aromatic carbocycles. The minimum absolute atomic E-state index is 0.000722. The number of carbonyl (C=O) groups is 1. The minimum atomic E-state index is -0.862. The average molecular weight is 263 g/mol. The van der Waals surface area contributed by atoms with Crippen LogP contribution < -0.4 is 0 Å². The average Bonchev–Trinajstić information content (AvgIpc) is 2.39. The molecule has 0 bridgehead atoms. The van der Waals surface area contributed by atoms with Gasteiger partial charge in [0.2, 0.25) is 6.04 Å². The molecule has 1 unspecified atom stereocenters. The molecule has 0 aromatic heterocycles. The first kappa shape index (κ1) is 14.9. The fraction of sp³-hybridized carbons (Fsp3) is 0.357. The summed E-state index contributed by atoms with van der Waals surface area (Å²) in [4.78, 5) is 22.1. The number of ether oxygens (including phenoxy) is 1. The Hall–Kier alpha value is -2.17. The molecule has 0 saturated heterocycles. The zero-order valence-corrected chi connectivity index (χ0v) is 10.9. The Morgan fingerprint density at radius 1 is 1.42 bits per heavy atom. The number of hydrogen-bond donors (Lipinski definition) is 0. The highest BCUT2D eigenvalue weighted by Crippen LogP contribution is 2.13. The third-order valence-corrected chi connectivity index (χ3v) is 2.66. The normalized spacial score (nSPS) is 11.6. The van der Waals surface area contributed by atoms with E-state index in [4.69, 9.17) is 4.74 Å². The highest BCUT2D eigenvalue weighted by Gasteiger charge is 2.24. The van der Waals surface area contributed by atoms with Crippen LogP contribution in [0.15, 0.2) is 42.5 Å². The van der Waals surface area contributed by atoms with Crippen LogP contribution in [0.4, 0.5) is 0 Å². The summed E-state index contributed by atoms with van der Waals surface area (Å²) in [5, 5.41) is 11.0. The van der Waals surface area contributed by atoms with Gasteiger partial charge in [-0.05, 0) is 12.5 Å². The van der Waals surface area contributed by atoms with Crippen molar-refractivity contribution in [1.29, 1.82) is 0 Å². The molecular formula is C14H17NO4. The molecule has 0 aliphatic heterocycles. The van der Waals surface area contributed by atoms with Gasteiger partial charge in [0.15, 0.2) is 0 Å². The highest BCUT2D eigenvalue weighted by atomic mass is 16.6. The van der Waals surface area contributed by atoms with Crippen LogP contribution in [0.2, 0.25) is 0 Å². The second-order valence-corrected chi connectivity index (χ2v) is 4.16. The van der Waals surface area contributed by atoms with Crippen molar-refractivity contribution in [3.05, 3.63) is 58.2 Å². The van der Waals surface area contributed by atoms with Crippen molar-refractivity contribution in [3.8, 4) is 0 Å². The quantitative estimate of drug-likeness (QED) is 0.328. The van der Waals surface area contributed by atoms with Crippen molar-refractivity contribution in [2.45, 2.75) is 25.8 Å². The Balaban J connectivity index is 2.66. The van der Waals surface area contributed by atoms with Crippen LogP contribution in [0.25, 0.3) is 0 Å². The summed E-state index contributed by atoms with van der Waals surface area (Å²) in [7, 11) is 0. The zero-order valence-electron chi connectivity index (χ0n) is 10.9. The first-order valence-electron chi connectivity index (χ1n) is 6.07. The van der Waals surface area contributed by atoms with Gasteiger partial charge in [0, 0.05) is 23.3 Å². The molecule has 0 N–H and O–H groups in total. The van der Waals surface area contributed by atoms with Crippen LogP contribution in [-0.2, 0) is 16.0 Å². The van der Waals surface area contributed by atoms with E-state index in [1.807, 2.05) is 30.3 Å². The molecule has 0 amide bonds. The molecule has 5 heteroatoms. The number of esters is 1. The summed E-state index contributed by atoms with van der Waals surface area (Å²) in [5.41, 5.74) is 1.00. The number of rotatable bonds is 7. The largest absolute Gasteiger partial charge is 0.463 e. The Kier molecular flexibility index (Phi) is 5.73. The SMILES string of the molecule is C=C(CC(Cc1ccccc1)[N+](=O)[O-])C(=O)OCC. The van der Waals surface area contributed by atoms with Gasteiger partial charge < -0.3 is 4.74 Å². The number of nitro groups is 1. The van der Waals surface area contributed by atoms with E-state index in [-0.39, 0.29) is 29.9 Å². The molecule has 0 fully saturated rings. The van der Waals surface area contributed by atoms with Crippen molar-refractivity contribution >= 4 is 5.97 Å². The summed E-state index contributed by atoms with van der Waals surface area (Å²) >= 11 is 0. The maximum Gasteiger partial charge on any atom is 0.333 e. The molecule has 0 aliphatic carbocycles. The fourth-order valence-corrected chi connectivity index (χ4v) is 1.71. The molecule has 0 radical (unpaired) electrons. The fourth-order valence-electron chi connectivity index (χ4n) is 1.71. The topological polar surface area (TPSA) is 69.4 Å². The maximum absolute atomic E-state index is 11.4. The lowest BCUT2D eigenvalue weighted by atomic mass is 10.0. The third kappa shape index (κ3) is 4.91. The molecule has 102 valence electrons. The van der Waals surface area contributed by atoms with Gasteiger partial charge in [0.1, 0.15) is 0 Å². The summed E-state index contributed by atoms with van der Waals surface area (Å²) in [6.45, 7) is 5.47. The lowest BCUT2D eigenvalue weighted by Crippen LogP contribution is -2.25. The molecule has 0 heterocycles. The van der Waals surface area contributed by atoms with E-state index < -0.39 is 12.0 Å². The summed E-state index contributed by atoms with van der Waals surface area (Å²) in [6.07, 6.45) is 0.271. The monoisotopic (exact) mass is 263 g/mol. The predicted octanol–water partition coefficient (Wildman–Crippen LogP) is 2.38. The van der Waals surface area contributed by atoms with Crippen LogP contribution >= 0.6 is 0 Å². The van der Waals surface area contributed by atoms with Crippen molar-refractivity contribution in [1.82, 2.24) is 0 Å². The first-order valence-corrected chi connectivity index (χ1v) is 6.07. The summed E-state index contributed by atoms with van der Waals surface area (Å²) in [5.74, 6) is -0.567. The van der Waals surface area contributed by atoms with E-state index in [0.717, 1.165) is 5.56 Å². The van der Waals surface area contributed by atoms with E-state index in [1.54, 1.807) is 6.92 Å². The molecular weight excluding hydrogens is 246 g/mol. The van der Waals surface area contributed by atoms with Gasteiger partial charge >= 0.3 is 5.97 Å². The predicted molar refractivity (Wildman–Crippen MR) is 71.3 cm³/mol. The molecule has 1 rings (SSSR count). The summed E-state index contributed by atoms with van der Waals surface area (Å²) in [6, 6.07) is 8.29. The van der Waals surface area contributed by atoms with Gasteiger partial charge in [-0.25, -0.2) is 4.79 Å². The number of benzene rings is 1. The first-order chi connectivity index (χ1) is 9.04. The van der Waals surface area contributed by atoms with Gasteiger partial charge in [-0.1, -0.05) is 36.9 Å². The van der Waals surface area contributed by atoms with E-state index >= 15 is 0 Å². The van der Waals surface area contributed by atoms with E-state index in [9.17, 15) is 14.9 Å². The van der Waals surface area contributed by atoms with Gasteiger partial charge in [0.25, 0.3) is 0 Å². The van der Waals surface area contributed by atoms with Crippen LogP contribution in [0.3, 0.4) is 0 Å². The zero-order chi connectivity index (χ0) is 14.3. The lowest BCUT2D eigenvalue weighted by molar-refractivity contribution is -0.521. The molecule has 1 aromatic rings. The van der Waals surface area contributed by atoms with Crippen molar-refractivity contribution in [2.24, 2.45) is 0 Å². The molecule has 0 aliphatic rings. The van der Waals surface area contributed by atoms with Crippen molar-refractivity contribution in [2.75, 3.05) is 6.61 Å². The molecule has 5 nitrogen and oxygen atoms in total. The van der Waals surface area contributed by atoms with Crippen LogP contribution in [0, 0.1) is 10.1 Å².